The molecule has 0 aromatic carbocycles. The third kappa shape index (κ3) is 3.23. The van der Waals surface area contributed by atoms with Gasteiger partial charge in [0.05, 0.1) is 6.61 Å². The topological polar surface area (TPSA) is 124 Å². The second-order valence-electron chi connectivity index (χ2n) is 4.16. The number of hydrogen-bond donors (Lipinski definition) is 2. The summed E-state index contributed by atoms with van der Waals surface area (Å²) < 4.78 is 6.58. The molecule has 21 heavy (non-hydrogen) atoms. The fourth-order valence-corrected chi connectivity index (χ4v) is 1.49. The third-order valence-corrected chi connectivity index (χ3v) is 2.42. The van der Waals surface area contributed by atoms with Crippen molar-refractivity contribution in [2.45, 2.75) is 6.92 Å². The first-order valence-electron chi connectivity index (χ1n) is 6.18. The van der Waals surface area contributed by atoms with Crippen molar-refractivity contribution in [3.8, 4) is 12.0 Å². The van der Waals surface area contributed by atoms with Crippen molar-refractivity contribution < 1.29 is 9.53 Å². The zero-order chi connectivity index (χ0) is 15.4. The fraction of sp³-hybridized carbons (Fsp3) is 0.364. The van der Waals surface area contributed by atoms with E-state index in [2.05, 4.69) is 25.5 Å². The molecular weight excluding hydrogens is 276 g/mol. The van der Waals surface area contributed by atoms with Gasteiger partial charge in [0, 0.05) is 20.3 Å². The molecule has 0 aliphatic heterocycles. The quantitative estimate of drug-likeness (QED) is 0.555. The molecule has 2 heterocycles. The van der Waals surface area contributed by atoms with Gasteiger partial charge < -0.3 is 9.64 Å². The lowest BCUT2D eigenvalue weighted by atomic mass is 10.4. The molecule has 0 radical (unpaired) electrons. The normalized spacial score (nSPS) is 10.3. The van der Waals surface area contributed by atoms with Gasteiger partial charge in [-0.05, 0) is 13.0 Å². The van der Waals surface area contributed by atoms with Crippen molar-refractivity contribution in [1.29, 1.82) is 0 Å². The van der Waals surface area contributed by atoms with Gasteiger partial charge in [0.25, 0.3) is 11.9 Å². The number of nitrogens with zero attached hydrogens (tertiary/aromatic N) is 6. The van der Waals surface area contributed by atoms with Gasteiger partial charge in [-0.15, -0.1) is 0 Å². The van der Waals surface area contributed by atoms with E-state index >= 15 is 0 Å². The SMILES string of the molecule is CCOc1nc(NN)nc(-n2ccc(C(=O)N(C)C)n2)n1. The zero-order valence-corrected chi connectivity index (χ0v) is 11.9. The number of aromatic nitrogens is 5. The predicted octanol–water partition coefficient (Wildman–Crippen LogP) is -0.557. The zero-order valence-electron chi connectivity index (χ0n) is 11.9. The minimum absolute atomic E-state index is 0.117. The first-order chi connectivity index (χ1) is 10.0. The Morgan fingerprint density at radius 3 is 2.81 bits per heavy atom. The number of carbonyl (C=O) groups is 1. The fourth-order valence-electron chi connectivity index (χ4n) is 1.49. The van der Waals surface area contributed by atoms with E-state index in [4.69, 9.17) is 10.6 Å². The van der Waals surface area contributed by atoms with Crippen molar-refractivity contribution in [3.63, 3.8) is 0 Å². The maximum atomic E-state index is 11.8. The summed E-state index contributed by atoms with van der Waals surface area (Å²) in [5.74, 6) is 5.42. The molecule has 10 heteroatoms. The van der Waals surface area contributed by atoms with Crippen LogP contribution >= 0.6 is 0 Å². The van der Waals surface area contributed by atoms with Crippen LogP contribution in [-0.4, -0.2) is 56.2 Å². The lowest BCUT2D eigenvalue weighted by Crippen LogP contribution is -2.22. The van der Waals surface area contributed by atoms with Crippen LogP contribution < -0.4 is 16.0 Å². The standard InChI is InChI=1S/C11H16N8O2/c1-4-21-11-14-9(16-12)13-10(15-11)19-6-5-7(17-19)8(20)18(2)3/h5-6H,4,12H2,1-3H3,(H,13,14,15,16). The molecule has 0 spiro atoms. The van der Waals surface area contributed by atoms with Crippen molar-refractivity contribution in [2.24, 2.45) is 5.84 Å². The lowest BCUT2D eigenvalue weighted by molar-refractivity contribution is 0.0821. The molecule has 2 aromatic heterocycles. The van der Waals surface area contributed by atoms with E-state index in [0.29, 0.717) is 6.61 Å². The van der Waals surface area contributed by atoms with Gasteiger partial charge in [0.2, 0.25) is 5.95 Å². The van der Waals surface area contributed by atoms with E-state index in [1.807, 2.05) is 0 Å². The molecule has 0 atom stereocenters. The van der Waals surface area contributed by atoms with E-state index < -0.39 is 0 Å². The monoisotopic (exact) mass is 292 g/mol. The summed E-state index contributed by atoms with van der Waals surface area (Å²) in [5, 5.41) is 4.13. The van der Waals surface area contributed by atoms with E-state index in [1.165, 1.54) is 9.58 Å². The Bertz CT molecular complexity index is 639. The van der Waals surface area contributed by atoms with Crippen LogP contribution in [0.2, 0.25) is 0 Å². The third-order valence-electron chi connectivity index (χ3n) is 2.42. The highest BCUT2D eigenvalue weighted by Gasteiger charge is 2.14. The molecule has 0 unspecified atom stereocenters. The number of hydrogen-bond acceptors (Lipinski definition) is 8. The largest absolute Gasteiger partial charge is 0.464 e. The van der Waals surface area contributed by atoms with Gasteiger partial charge in [-0.1, -0.05) is 0 Å². The molecule has 1 amide bonds. The molecule has 0 saturated carbocycles. The second-order valence-corrected chi connectivity index (χ2v) is 4.16. The summed E-state index contributed by atoms with van der Waals surface area (Å²) in [6, 6.07) is 1.69. The average molecular weight is 292 g/mol. The average Bonchev–Trinajstić information content (AvgIpc) is 2.96. The van der Waals surface area contributed by atoms with E-state index in [0.717, 1.165) is 0 Å². The van der Waals surface area contributed by atoms with Crippen LogP contribution in [-0.2, 0) is 0 Å². The number of nitrogens with one attached hydrogen (secondary N) is 1. The number of ether oxygens (including phenoxy) is 1. The molecule has 112 valence electrons. The van der Waals surface area contributed by atoms with Gasteiger partial charge in [0.1, 0.15) is 0 Å². The van der Waals surface area contributed by atoms with Crippen molar-refractivity contribution in [2.75, 3.05) is 26.1 Å². The maximum Gasteiger partial charge on any atom is 0.323 e. The number of nitrogen functional groups attached to an aromatic ring is 1. The number of carbonyl (C=O) groups excluding carboxylic acids is 1. The smallest absolute Gasteiger partial charge is 0.323 e. The number of anilines is 1. The van der Waals surface area contributed by atoms with E-state index in [9.17, 15) is 4.79 Å². The van der Waals surface area contributed by atoms with Gasteiger partial charge >= 0.3 is 6.01 Å². The number of amides is 1. The van der Waals surface area contributed by atoms with Crippen molar-refractivity contribution >= 4 is 11.9 Å². The summed E-state index contributed by atoms with van der Waals surface area (Å²) in [4.78, 5) is 25.3. The van der Waals surface area contributed by atoms with Crippen molar-refractivity contribution in [1.82, 2.24) is 29.6 Å². The minimum atomic E-state index is -0.218. The molecule has 2 aromatic rings. The van der Waals surface area contributed by atoms with Crippen LogP contribution in [0.3, 0.4) is 0 Å². The lowest BCUT2D eigenvalue weighted by Gasteiger charge is -2.07. The molecule has 0 saturated heterocycles. The first kappa shape index (κ1) is 14.7. The summed E-state index contributed by atoms with van der Waals surface area (Å²) in [6.45, 7) is 2.21. The Morgan fingerprint density at radius 2 is 2.19 bits per heavy atom. The van der Waals surface area contributed by atoms with Crippen LogP contribution in [0.1, 0.15) is 17.4 Å². The van der Waals surface area contributed by atoms with Crippen LogP contribution in [0.25, 0.3) is 5.95 Å². The molecule has 3 N–H and O–H groups in total. The Kier molecular flexibility index (Phi) is 4.28. The first-order valence-corrected chi connectivity index (χ1v) is 6.18. The van der Waals surface area contributed by atoms with Crippen LogP contribution in [0.15, 0.2) is 12.3 Å². The van der Waals surface area contributed by atoms with Gasteiger partial charge in [-0.25, -0.2) is 10.5 Å². The minimum Gasteiger partial charge on any atom is -0.464 e. The second kappa shape index (κ2) is 6.13. The summed E-state index contributed by atoms with van der Waals surface area (Å²) in [5.41, 5.74) is 2.60. The van der Waals surface area contributed by atoms with Gasteiger partial charge in [0.15, 0.2) is 5.69 Å². The number of rotatable bonds is 5. The molecule has 0 fully saturated rings. The highest BCUT2D eigenvalue weighted by atomic mass is 16.5. The highest BCUT2D eigenvalue weighted by molar-refractivity contribution is 5.91. The molecule has 0 aliphatic carbocycles. The Hall–Kier alpha value is -2.75. The molecule has 0 aliphatic rings. The van der Waals surface area contributed by atoms with Gasteiger partial charge in [-0.3, -0.25) is 10.2 Å². The van der Waals surface area contributed by atoms with Crippen LogP contribution in [0.4, 0.5) is 5.95 Å². The number of hydrazine groups is 1. The molecule has 0 bridgehead atoms. The van der Waals surface area contributed by atoms with Crippen LogP contribution in [0.5, 0.6) is 6.01 Å². The highest BCUT2D eigenvalue weighted by Crippen LogP contribution is 2.11. The van der Waals surface area contributed by atoms with Crippen LogP contribution in [0, 0.1) is 0 Å². The summed E-state index contributed by atoms with van der Waals surface area (Å²) in [6.07, 6.45) is 1.57. The molecule has 10 nitrogen and oxygen atoms in total. The molecule has 2 rings (SSSR count). The predicted molar refractivity (Wildman–Crippen MR) is 73.9 cm³/mol. The van der Waals surface area contributed by atoms with E-state index in [-0.39, 0.29) is 29.5 Å². The molecular formula is C11H16N8O2. The Labute approximate surface area is 120 Å². The number of nitrogens with two attached hydrogens (primary N) is 1. The Morgan fingerprint density at radius 1 is 1.43 bits per heavy atom. The summed E-state index contributed by atoms with van der Waals surface area (Å²) >= 11 is 0. The van der Waals surface area contributed by atoms with Crippen molar-refractivity contribution in [3.05, 3.63) is 18.0 Å². The maximum absolute atomic E-state index is 11.8. The Balaban J connectivity index is 2.37. The van der Waals surface area contributed by atoms with Gasteiger partial charge in [-0.2, -0.15) is 20.1 Å². The summed E-state index contributed by atoms with van der Waals surface area (Å²) in [7, 11) is 3.29. The van der Waals surface area contributed by atoms with E-state index in [1.54, 1.807) is 33.3 Å².